The molecular formula is C16H26N2O2. The lowest BCUT2D eigenvalue weighted by Gasteiger charge is -2.44. The van der Waals surface area contributed by atoms with Crippen LogP contribution in [-0.4, -0.2) is 35.3 Å². The van der Waals surface area contributed by atoms with Crippen LogP contribution >= 0.6 is 0 Å². The molecule has 0 radical (unpaired) electrons. The molecule has 1 saturated heterocycles. The van der Waals surface area contributed by atoms with Gasteiger partial charge in [-0.2, -0.15) is 0 Å². The van der Waals surface area contributed by atoms with Gasteiger partial charge < -0.3 is 10.2 Å². The van der Waals surface area contributed by atoms with Crippen molar-refractivity contribution in [1.82, 2.24) is 10.2 Å². The van der Waals surface area contributed by atoms with Gasteiger partial charge in [-0.15, -0.1) is 0 Å². The van der Waals surface area contributed by atoms with Gasteiger partial charge in [0.25, 0.3) is 0 Å². The molecule has 2 atom stereocenters. The van der Waals surface area contributed by atoms with Crippen LogP contribution in [0.5, 0.6) is 0 Å². The number of nitrogens with zero attached hydrogens (tertiary/aromatic N) is 1. The summed E-state index contributed by atoms with van der Waals surface area (Å²) >= 11 is 0. The molecule has 1 N–H and O–H groups in total. The quantitative estimate of drug-likeness (QED) is 0.859. The molecule has 0 aromatic carbocycles. The van der Waals surface area contributed by atoms with E-state index in [1.54, 1.807) is 0 Å². The second kappa shape index (κ2) is 5.05. The van der Waals surface area contributed by atoms with E-state index in [-0.39, 0.29) is 29.3 Å². The maximum atomic E-state index is 12.7. The van der Waals surface area contributed by atoms with E-state index >= 15 is 0 Å². The molecule has 2 unspecified atom stereocenters. The lowest BCUT2D eigenvalue weighted by molar-refractivity contribution is -0.151. The molecule has 0 bridgehead atoms. The zero-order valence-corrected chi connectivity index (χ0v) is 12.7. The fourth-order valence-corrected chi connectivity index (χ4v) is 3.79. The van der Waals surface area contributed by atoms with Gasteiger partial charge in [0.15, 0.2) is 0 Å². The number of hydrogen-bond acceptors (Lipinski definition) is 2. The molecule has 2 aliphatic carbocycles. The maximum Gasteiger partial charge on any atom is 0.246 e. The molecule has 20 heavy (non-hydrogen) atoms. The standard InChI is InChI=1S/C16H26N2O2/c1-11-14(19)17-13(12-6-7-12)15(20)18(11)10-16(2)8-4-3-5-9-16/h11-13H,3-10H2,1-2H3,(H,17,19). The first kappa shape index (κ1) is 13.9. The van der Waals surface area contributed by atoms with Crippen molar-refractivity contribution in [2.24, 2.45) is 11.3 Å². The summed E-state index contributed by atoms with van der Waals surface area (Å²) in [6.07, 6.45) is 8.34. The predicted molar refractivity (Wildman–Crippen MR) is 77.0 cm³/mol. The third-order valence-corrected chi connectivity index (χ3v) is 5.40. The predicted octanol–water partition coefficient (Wildman–Crippen LogP) is 2.08. The molecule has 112 valence electrons. The average Bonchev–Trinajstić information content (AvgIpc) is 3.24. The first-order valence-electron chi connectivity index (χ1n) is 8.11. The van der Waals surface area contributed by atoms with Gasteiger partial charge >= 0.3 is 0 Å². The summed E-state index contributed by atoms with van der Waals surface area (Å²) in [5, 5.41) is 2.93. The van der Waals surface area contributed by atoms with Gasteiger partial charge in [-0.1, -0.05) is 26.2 Å². The highest BCUT2D eigenvalue weighted by Gasteiger charge is 2.47. The Morgan fingerprint density at radius 1 is 1.20 bits per heavy atom. The van der Waals surface area contributed by atoms with E-state index in [1.165, 1.54) is 32.1 Å². The van der Waals surface area contributed by atoms with Gasteiger partial charge in [0.1, 0.15) is 12.1 Å². The van der Waals surface area contributed by atoms with Gasteiger partial charge in [0.2, 0.25) is 11.8 Å². The number of hydrogen-bond donors (Lipinski definition) is 1. The molecule has 2 saturated carbocycles. The van der Waals surface area contributed by atoms with Gasteiger partial charge in [-0.3, -0.25) is 9.59 Å². The molecule has 3 rings (SSSR count). The normalized spacial score (nSPS) is 34.0. The van der Waals surface area contributed by atoms with Crippen LogP contribution < -0.4 is 5.32 Å². The minimum atomic E-state index is -0.309. The number of nitrogens with one attached hydrogen (secondary N) is 1. The minimum Gasteiger partial charge on any atom is -0.342 e. The summed E-state index contributed by atoms with van der Waals surface area (Å²) < 4.78 is 0. The summed E-state index contributed by atoms with van der Waals surface area (Å²) in [5.74, 6) is 0.577. The monoisotopic (exact) mass is 278 g/mol. The largest absolute Gasteiger partial charge is 0.342 e. The van der Waals surface area contributed by atoms with Crippen molar-refractivity contribution in [2.45, 2.75) is 70.9 Å². The number of carbonyl (C=O) groups is 2. The highest BCUT2D eigenvalue weighted by Crippen LogP contribution is 2.39. The second-order valence-corrected chi connectivity index (χ2v) is 7.34. The van der Waals surface area contributed by atoms with E-state index in [0.717, 1.165) is 19.4 Å². The van der Waals surface area contributed by atoms with Gasteiger partial charge in [-0.25, -0.2) is 0 Å². The van der Waals surface area contributed by atoms with E-state index in [0.29, 0.717) is 5.92 Å². The summed E-state index contributed by atoms with van der Waals surface area (Å²) in [6, 6.07) is -0.554. The Balaban J connectivity index is 1.74. The number of amides is 2. The van der Waals surface area contributed by atoms with E-state index in [9.17, 15) is 9.59 Å². The van der Waals surface area contributed by atoms with Crippen LogP contribution in [0, 0.1) is 11.3 Å². The van der Waals surface area contributed by atoms with Crippen molar-refractivity contribution in [3.05, 3.63) is 0 Å². The lowest BCUT2D eigenvalue weighted by atomic mass is 9.75. The van der Waals surface area contributed by atoms with Gasteiger partial charge in [0, 0.05) is 6.54 Å². The first-order valence-corrected chi connectivity index (χ1v) is 8.11. The molecule has 1 aliphatic heterocycles. The third-order valence-electron chi connectivity index (χ3n) is 5.40. The Labute approximate surface area is 121 Å². The Morgan fingerprint density at radius 2 is 1.85 bits per heavy atom. The number of piperazine rings is 1. The topological polar surface area (TPSA) is 49.4 Å². The zero-order valence-electron chi connectivity index (χ0n) is 12.7. The van der Waals surface area contributed by atoms with Crippen LogP contribution in [0.4, 0.5) is 0 Å². The molecule has 4 heteroatoms. The smallest absolute Gasteiger partial charge is 0.246 e. The summed E-state index contributed by atoms with van der Waals surface area (Å²) in [7, 11) is 0. The molecule has 4 nitrogen and oxygen atoms in total. The van der Waals surface area contributed by atoms with E-state index < -0.39 is 0 Å². The molecule has 0 aromatic rings. The maximum absolute atomic E-state index is 12.7. The van der Waals surface area contributed by atoms with Gasteiger partial charge in [0.05, 0.1) is 0 Å². The molecule has 0 spiro atoms. The Kier molecular flexibility index (Phi) is 3.51. The average molecular weight is 278 g/mol. The van der Waals surface area contributed by atoms with Crippen molar-refractivity contribution >= 4 is 11.8 Å². The second-order valence-electron chi connectivity index (χ2n) is 7.34. The van der Waals surface area contributed by atoms with E-state index in [2.05, 4.69) is 12.2 Å². The van der Waals surface area contributed by atoms with Crippen molar-refractivity contribution in [1.29, 1.82) is 0 Å². The lowest BCUT2D eigenvalue weighted by Crippen LogP contribution is -2.64. The minimum absolute atomic E-state index is 0.0286. The van der Waals surface area contributed by atoms with E-state index in [4.69, 9.17) is 0 Å². The zero-order chi connectivity index (χ0) is 14.3. The van der Waals surface area contributed by atoms with Crippen molar-refractivity contribution < 1.29 is 9.59 Å². The fourth-order valence-electron chi connectivity index (χ4n) is 3.79. The summed E-state index contributed by atoms with van der Waals surface area (Å²) in [4.78, 5) is 26.7. The first-order chi connectivity index (χ1) is 9.50. The third kappa shape index (κ3) is 2.57. The molecule has 0 aromatic heterocycles. The van der Waals surface area contributed by atoms with Crippen LogP contribution in [0.1, 0.15) is 58.8 Å². The Bertz CT molecular complexity index is 411. The van der Waals surface area contributed by atoms with Crippen LogP contribution in [0.3, 0.4) is 0 Å². The Morgan fingerprint density at radius 3 is 2.45 bits per heavy atom. The number of rotatable bonds is 3. The molecule has 1 heterocycles. The highest BCUT2D eigenvalue weighted by atomic mass is 16.2. The SMILES string of the molecule is CC1C(=O)NC(C2CC2)C(=O)N1CC1(C)CCCCC1. The fraction of sp³-hybridized carbons (Fsp3) is 0.875. The molecule has 3 aliphatic rings. The Hall–Kier alpha value is -1.06. The van der Waals surface area contributed by atoms with Crippen LogP contribution in [0.15, 0.2) is 0 Å². The number of carbonyl (C=O) groups excluding carboxylic acids is 2. The van der Waals surface area contributed by atoms with Crippen LogP contribution in [0.25, 0.3) is 0 Å². The summed E-state index contributed by atoms with van der Waals surface area (Å²) in [6.45, 7) is 4.90. The van der Waals surface area contributed by atoms with E-state index in [1.807, 2.05) is 11.8 Å². The summed E-state index contributed by atoms with van der Waals surface area (Å²) in [5.41, 5.74) is 0.202. The van der Waals surface area contributed by atoms with Crippen molar-refractivity contribution in [2.75, 3.05) is 6.54 Å². The van der Waals surface area contributed by atoms with Crippen molar-refractivity contribution in [3.63, 3.8) is 0 Å². The van der Waals surface area contributed by atoms with Crippen LogP contribution in [-0.2, 0) is 9.59 Å². The van der Waals surface area contributed by atoms with Crippen LogP contribution in [0.2, 0.25) is 0 Å². The molecular weight excluding hydrogens is 252 g/mol. The van der Waals surface area contributed by atoms with Crippen molar-refractivity contribution in [3.8, 4) is 0 Å². The van der Waals surface area contributed by atoms with Gasteiger partial charge in [-0.05, 0) is 43.9 Å². The molecule has 2 amide bonds. The highest BCUT2D eigenvalue weighted by molar-refractivity contribution is 5.97. The molecule has 3 fully saturated rings.